The number of nitrogens with zero attached hydrogens (tertiary/aromatic N) is 3. The van der Waals surface area contributed by atoms with Gasteiger partial charge in [0.05, 0.1) is 36.4 Å². The van der Waals surface area contributed by atoms with E-state index in [2.05, 4.69) is 0 Å². The zero-order valence-corrected chi connectivity index (χ0v) is 25.9. The summed E-state index contributed by atoms with van der Waals surface area (Å²) in [4.78, 5) is 15.7. The molecule has 0 spiro atoms. The monoisotopic (exact) mass is 619 g/mol. The number of methoxy groups -OCH3 is 2. The Morgan fingerprint density at radius 3 is 2.48 bits per heavy atom. The summed E-state index contributed by atoms with van der Waals surface area (Å²) in [7, 11) is 3.20. The van der Waals surface area contributed by atoms with Crippen LogP contribution in [0.3, 0.4) is 0 Å². The standard InChI is InChI=1S/C32H30ClN3O4S2/c1-4-16-40-26-13-11-22(18-25(26)33)30-23(20-36(34-30)24-8-6-5-7-9-24)19-29-31(37)35(32(41)42-29)15-14-21-10-12-27(38-2)28(17-21)39-3/h5-13,17-20H,4,14-16H2,1-3H3/b29-19-. The zero-order valence-electron chi connectivity index (χ0n) is 23.5. The Kier molecular flexibility index (Phi) is 9.51. The molecule has 1 saturated heterocycles. The maximum atomic E-state index is 13.5. The molecule has 0 unspecified atom stereocenters. The number of thioether (sulfide) groups is 1. The average molecular weight is 620 g/mol. The topological polar surface area (TPSA) is 65.8 Å². The fourth-order valence-corrected chi connectivity index (χ4v) is 6.05. The van der Waals surface area contributed by atoms with Crippen LogP contribution in [0.1, 0.15) is 24.5 Å². The molecule has 7 nitrogen and oxygen atoms in total. The minimum atomic E-state index is -0.134. The molecule has 0 bridgehead atoms. The van der Waals surface area contributed by atoms with Crippen molar-refractivity contribution < 1.29 is 19.0 Å². The van der Waals surface area contributed by atoms with Gasteiger partial charge in [-0.1, -0.05) is 66.8 Å². The van der Waals surface area contributed by atoms with Crippen molar-refractivity contribution in [1.82, 2.24) is 14.7 Å². The van der Waals surface area contributed by atoms with Crippen molar-refractivity contribution in [2.75, 3.05) is 27.4 Å². The molecule has 1 aromatic heterocycles. The Balaban J connectivity index is 1.43. The van der Waals surface area contributed by atoms with Crippen molar-refractivity contribution in [3.05, 3.63) is 94.0 Å². The number of amides is 1. The van der Waals surface area contributed by atoms with Crippen molar-refractivity contribution in [2.24, 2.45) is 0 Å². The lowest BCUT2D eigenvalue weighted by molar-refractivity contribution is -0.122. The van der Waals surface area contributed by atoms with Gasteiger partial charge in [0.25, 0.3) is 5.91 Å². The number of rotatable bonds is 11. The van der Waals surface area contributed by atoms with E-state index in [4.69, 9.17) is 43.1 Å². The van der Waals surface area contributed by atoms with Crippen LogP contribution in [-0.4, -0.2) is 52.3 Å². The molecule has 2 heterocycles. The number of benzene rings is 3. The van der Waals surface area contributed by atoms with Crippen LogP contribution < -0.4 is 14.2 Å². The second-order valence-corrected chi connectivity index (χ2v) is 11.6. The summed E-state index contributed by atoms with van der Waals surface area (Å²) in [5.74, 6) is 1.80. The summed E-state index contributed by atoms with van der Waals surface area (Å²) in [6.45, 7) is 3.08. The van der Waals surface area contributed by atoms with Crippen LogP contribution in [0.5, 0.6) is 17.2 Å². The molecule has 0 atom stereocenters. The van der Waals surface area contributed by atoms with Gasteiger partial charge in [0, 0.05) is 23.9 Å². The highest BCUT2D eigenvalue weighted by Crippen LogP contribution is 2.37. The lowest BCUT2D eigenvalue weighted by Gasteiger charge is -2.15. The van der Waals surface area contributed by atoms with E-state index >= 15 is 0 Å². The molecule has 3 aromatic carbocycles. The number of hydrogen-bond donors (Lipinski definition) is 0. The molecule has 1 aliphatic rings. The second kappa shape index (κ2) is 13.5. The van der Waals surface area contributed by atoms with Gasteiger partial charge in [-0.3, -0.25) is 9.69 Å². The first-order valence-electron chi connectivity index (χ1n) is 13.5. The predicted octanol–water partition coefficient (Wildman–Crippen LogP) is 7.44. The highest BCUT2D eigenvalue weighted by molar-refractivity contribution is 8.26. The van der Waals surface area contributed by atoms with Crippen molar-refractivity contribution in [1.29, 1.82) is 0 Å². The van der Waals surface area contributed by atoms with Gasteiger partial charge in [0.2, 0.25) is 0 Å². The molecule has 0 radical (unpaired) electrons. The molecule has 1 amide bonds. The Morgan fingerprint density at radius 1 is 1.00 bits per heavy atom. The third-order valence-electron chi connectivity index (χ3n) is 6.66. The highest BCUT2D eigenvalue weighted by Gasteiger charge is 2.32. The van der Waals surface area contributed by atoms with E-state index in [1.54, 1.807) is 23.8 Å². The number of aromatic nitrogens is 2. The van der Waals surface area contributed by atoms with Crippen LogP contribution >= 0.6 is 35.6 Å². The molecule has 1 fully saturated rings. The molecular formula is C32H30ClN3O4S2. The van der Waals surface area contributed by atoms with Gasteiger partial charge in [-0.25, -0.2) is 4.68 Å². The van der Waals surface area contributed by atoms with Crippen LogP contribution in [0.4, 0.5) is 0 Å². The number of halogens is 1. The SMILES string of the molecule is CCCOc1ccc(-c2nn(-c3ccccc3)cc2/C=C2\SC(=S)N(CCc3ccc(OC)c(OC)c3)C2=O)cc1Cl. The number of hydrogen-bond acceptors (Lipinski definition) is 7. The van der Waals surface area contributed by atoms with Crippen LogP contribution in [0.25, 0.3) is 23.0 Å². The highest BCUT2D eigenvalue weighted by atomic mass is 35.5. The largest absolute Gasteiger partial charge is 0.493 e. The average Bonchev–Trinajstić information content (AvgIpc) is 3.55. The van der Waals surface area contributed by atoms with Gasteiger partial charge in [0.1, 0.15) is 15.8 Å². The number of ether oxygens (including phenoxy) is 3. The van der Waals surface area contributed by atoms with Gasteiger partial charge in [-0.15, -0.1) is 0 Å². The van der Waals surface area contributed by atoms with E-state index in [-0.39, 0.29) is 5.91 Å². The first-order valence-corrected chi connectivity index (χ1v) is 15.1. The summed E-state index contributed by atoms with van der Waals surface area (Å²) in [5, 5.41) is 5.38. The lowest BCUT2D eigenvalue weighted by Crippen LogP contribution is -2.30. The van der Waals surface area contributed by atoms with E-state index in [1.165, 1.54) is 11.8 Å². The fraction of sp³-hybridized carbons (Fsp3) is 0.219. The van der Waals surface area contributed by atoms with E-state index in [1.807, 2.05) is 85.9 Å². The third kappa shape index (κ3) is 6.48. The van der Waals surface area contributed by atoms with Gasteiger partial charge < -0.3 is 14.2 Å². The predicted molar refractivity (Wildman–Crippen MR) is 173 cm³/mol. The van der Waals surface area contributed by atoms with Gasteiger partial charge in [-0.05, 0) is 66.9 Å². The van der Waals surface area contributed by atoms with Crippen molar-refractivity contribution in [3.8, 4) is 34.2 Å². The van der Waals surface area contributed by atoms with E-state index < -0.39 is 0 Å². The molecule has 4 aromatic rings. The summed E-state index contributed by atoms with van der Waals surface area (Å²) < 4.78 is 18.8. The van der Waals surface area contributed by atoms with Crippen LogP contribution in [0.2, 0.25) is 5.02 Å². The first-order chi connectivity index (χ1) is 20.4. The van der Waals surface area contributed by atoms with E-state index in [0.717, 1.165) is 28.8 Å². The van der Waals surface area contributed by atoms with Crippen molar-refractivity contribution in [2.45, 2.75) is 19.8 Å². The number of para-hydroxylation sites is 1. The summed E-state index contributed by atoms with van der Waals surface area (Å²) in [5.41, 5.74) is 4.19. The quantitative estimate of drug-likeness (QED) is 0.128. The zero-order chi connectivity index (χ0) is 29.6. The molecule has 1 aliphatic heterocycles. The Labute approximate surface area is 260 Å². The molecule has 5 rings (SSSR count). The molecular weight excluding hydrogens is 590 g/mol. The molecule has 0 saturated carbocycles. The number of carbonyl (C=O) groups excluding carboxylic acids is 1. The maximum absolute atomic E-state index is 13.5. The molecule has 216 valence electrons. The summed E-state index contributed by atoms with van der Waals surface area (Å²) in [6, 6.07) is 21.2. The smallest absolute Gasteiger partial charge is 0.266 e. The van der Waals surface area contributed by atoms with Crippen molar-refractivity contribution in [3.63, 3.8) is 0 Å². The van der Waals surface area contributed by atoms with E-state index in [9.17, 15) is 4.79 Å². The normalized spacial score (nSPS) is 14.1. The summed E-state index contributed by atoms with van der Waals surface area (Å²) >= 11 is 13.5. The molecule has 42 heavy (non-hydrogen) atoms. The fourth-order valence-electron chi connectivity index (χ4n) is 4.52. The van der Waals surface area contributed by atoms with Crippen LogP contribution in [-0.2, 0) is 11.2 Å². The molecule has 10 heteroatoms. The lowest BCUT2D eigenvalue weighted by atomic mass is 10.1. The molecule has 0 N–H and O–H groups in total. The van der Waals surface area contributed by atoms with Gasteiger partial charge in [0.15, 0.2) is 11.5 Å². The Hall–Kier alpha value is -3.79. The van der Waals surface area contributed by atoms with Gasteiger partial charge >= 0.3 is 0 Å². The van der Waals surface area contributed by atoms with E-state index in [0.29, 0.717) is 56.8 Å². The first kappa shape index (κ1) is 29.7. The Morgan fingerprint density at radius 2 is 1.76 bits per heavy atom. The number of carbonyl (C=O) groups is 1. The molecule has 0 aliphatic carbocycles. The second-order valence-electron chi connectivity index (χ2n) is 9.48. The minimum absolute atomic E-state index is 0.134. The maximum Gasteiger partial charge on any atom is 0.266 e. The minimum Gasteiger partial charge on any atom is -0.493 e. The van der Waals surface area contributed by atoms with Crippen LogP contribution in [0.15, 0.2) is 77.8 Å². The Bertz CT molecular complexity index is 1640. The van der Waals surface area contributed by atoms with Crippen molar-refractivity contribution >= 4 is 51.9 Å². The summed E-state index contributed by atoms with van der Waals surface area (Å²) in [6.07, 6.45) is 5.27. The van der Waals surface area contributed by atoms with Crippen LogP contribution in [0, 0.1) is 0 Å². The number of thiocarbonyl (C=S) groups is 1. The van der Waals surface area contributed by atoms with Gasteiger partial charge in [-0.2, -0.15) is 5.10 Å². The third-order valence-corrected chi connectivity index (χ3v) is 8.34.